The third kappa shape index (κ3) is 3.52. The Balaban J connectivity index is 1.70. The van der Waals surface area contributed by atoms with Gasteiger partial charge in [-0.1, -0.05) is 11.6 Å². The van der Waals surface area contributed by atoms with E-state index in [1.165, 1.54) is 38.4 Å². The number of rotatable bonds is 4. The molecule has 3 rings (SSSR count). The number of hydrogen-bond acceptors (Lipinski definition) is 6. The average Bonchev–Trinajstić information content (AvgIpc) is 2.87. The van der Waals surface area contributed by atoms with Gasteiger partial charge in [0, 0.05) is 13.2 Å². The van der Waals surface area contributed by atoms with Crippen LogP contribution in [0, 0.1) is 0 Å². The molecule has 138 valence electrons. The molecule has 8 nitrogen and oxygen atoms in total. The van der Waals surface area contributed by atoms with Gasteiger partial charge in [0.15, 0.2) is 11.3 Å². The fourth-order valence-electron chi connectivity index (χ4n) is 2.48. The summed E-state index contributed by atoms with van der Waals surface area (Å²) in [5.41, 5.74) is 0.688. The van der Waals surface area contributed by atoms with Crippen LogP contribution in [0.2, 0.25) is 5.15 Å². The third-order valence-corrected chi connectivity index (χ3v) is 4.30. The van der Waals surface area contributed by atoms with Crippen molar-refractivity contribution in [3.8, 4) is 0 Å². The zero-order chi connectivity index (χ0) is 19.7. The van der Waals surface area contributed by atoms with E-state index >= 15 is 0 Å². The van der Waals surface area contributed by atoms with Gasteiger partial charge in [-0.15, -0.1) is 0 Å². The highest BCUT2D eigenvalue weighted by atomic mass is 35.5. The van der Waals surface area contributed by atoms with Crippen LogP contribution in [0.1, 0.15) is 38.0 Å². The van der Waals surface area contributed by atoms with Crippen LogP contribution < -0.4 is 5.32 Å². The van der Waals surface area contributed by atoms with Crippen molar-refractivity contribution >= 4 is 41.0 Å². The minimum atomic E-state index is -1.12. The monoisotopic (exact) mass is 387 g/mol. The number of pyridine rings is 1. The number of halogens is 1. The van der Waals surface area contributed by atoms with Gasteiger partial charge in [0.1, 0.15) is 0 Å². The van der Waals surface area contributed by atoms with Gasteiger partial charge in [-0.3, -0.25) is 19.3 Å². The van der Waals surface area contributed by atoms with Crippen LogP contribution in [0.15, 0.2) is 36.5 Å². The summed E-state index contributed by atoms with van der Waals surface area (Å²) in [5.74, 6) is -2.32. The van der Waals surface area contributed by atoms with Crippen LogP contribution in [0.3, 0.4) is 0 Å². The van der Waals surface area contributed by atoms with Crippen molar-refractivity contribution in [1.29, 1.82) is 0 Å². The first kappa shape index (κ1) is 18.5. The Bertz CT molecular complexity index is 975. The predicted octanol–water partition coefficient (Wildman–Crippen LogP) is 2.14. The van der Waals surface area contributed by atoms with Crippen molar-refractivity contribution in [2.24, 2.45) is 0 Å². The topological polar surface area (TPSA) is 106 Å². The van der Waals surface area contributed by atoms with Crippen LogP contribution >= 0.6 is 11.6 Å². The number of imide groups is 1. The summed E-state index contributed by atoms with van der Waals surface area (Å²) in [7, 11) is 1.36. The fourth-order valence-corrected chi connectivity index (χ4v) is 2.65. The molecule has 9 heteroatoms. The first-order valence-electron chi connectivity index (χ1n) is 7.88. The molecule has 2 heterocycles. The van der Waals surface area contributed by atoms with Gasteiger partial charge in [0.2, 0.25) is 0 Å². The lowest BCUT2D eigenvalue weighted by Gasteiger charge is -2.14. The number of amides is 3. The minimum Gasteiger partial charge on any atom is -0.449 e. The third-order valence-electron chi connectivity index (χ3n) is 4.00. The Morgan fingerprint density at radius 1 is 1.19 bits per heavy atom. The molecular formula is C18H14ClN3O5. The highest BCUT2D eigenvalue weighted by molar-refractivity contribution is 6.32. The first-order valence-corrected chi connectivity index (χ1v) is 8.26. The Morgan fingerprint density at radius 3 is 2.59 bits per heavy atom. The fraction of sp³-hybridized carbons (Fsp3) is 0.167. The number of benzene rings is 1. The molecule has 0 spiro atoms. The summed E-state index contributed by atoms with van der Waals surface area (Å²) in [6.45, 7) is 1.40. The SMILES string of the molecule is CC(OC(=O)c1ccc2c(c1)C(=O)N(C)C2=O)C(=O)Nc1cccnc1Cl. The number of carbonyl (C=O) groups is 4. The van der Waals surface area contributed by atoms with Crippen LogP contribution in [-0.4, -0.2) is 46.7 Å². The lowest BCUT2D eigenvalue weighted by Crippen LogP contribution is -2.30. The van der Waals surface area contributed by atoms with E-state index in [2.05, 4.69) is 10.3 Å². The molecule has 2 aromatic rings. The highest BCUT2D eigenvalue weighted by Gasteiger charge is 2.33. The molecule has 1 aromatic carbocycles. The highest BCUT2D eigenvalue weighted by Crippen LogP contribution is 2.23. The molecule has 1 aliphatic heterocycles. The molecule has 1 unspecified atom stereocenters. The molecule has 1 aliphatic rings. The number of ether oxygens (including phenoxy) is 1. The van der Waals surface area contributed by atoms with Crippen molar-refractivity contribution < 1.29 is 23.9 Å². The van der Waals surface area contributed by atoms with Crippen LogP contribution in [0.4, 0.5) is 5.69 Å². The van der Waals surface area contributed by atoms with E-state index in [1.54, 1.807) is 12.1 Å². The van der Waals surface area contributed by atoms with E-state index in [1.807, 2.05) is 0 Å². The zero-order valence-corrected chi connectivity index (χ0v) is 15.1. The van der Waals surface area contributed by atoms with E-state index in [-0.39, 0.29) is 27.5 Å². The van der Waals surface area contributed by atoms with Crippen LogP contribution in [0.5, 0.6) is 0 Å². The largest absolute Gasteiger partial charge is 0.449 e. The van der Waals surface area contributed by atoms with Crippen molar-refractivity contribution in [3.05, 3.63) is 58.4 Å². The number of fused-ring (bicyclic) bond motifs is 1. The Hall–Kier alpha value is -3.26. The summed E-state index contributed by atoms with van der Waals surface area (Å²) in [6, 6.07) is 7.19. The molecule has 1 atom stereocenters. The van der Waals surface area contributed by atoms with Gasteiger partial charge in [0.05, 0.1) is 22.4 Å². The maximum absolute atomic E-state index is 12.3. The molecule has 0 aliphatic carbocycles. The predicted molar refractivity (Wildman–Crippen MR) is 95.6 cm³/mol. The van der Waals surface area contributed by atoms with Gasteiger partial charge in [-0.05, 0) is 37.3 Å². The number of nitrogens with zero attached hydrogens (tertiary/aromatic N) is 2. The molecule has 1 aromatic heterocycles. The maximum atomic E-state index is 12.3. The van der Waals surface area contributed by atoms with Crippen molar-refractivity contribution in [2.75, 3.05) is 12.4 Å². The number of nitrogens with one attached hydrogen (secondary N) is 1. The van der Waals surface area contributed by atoms with Crippen LogP contribution in [0.25, 0.3) is 0 Å². The van der Waals surface area contributed by atoms with Crippen molar-refractivity contribution in [3.63, 3.8) is 0 Å². The summed E-state index contributed by atoms with van der Waals surface area (Å²) in [4.78, 5) is 53.2. The van der Waals surface area contributed by atoms with Gasteiger partial charge in [0.25, 0.3) is 17.7 Å². The number of aromatic nitrogens is 1. The van der Waals surface area contributed by atoms with E-state index in [0.29, 0.717) is 0 Å². The summed E-state index contributed by atoms with van der Waals surface area (Å²) >= 11 is 5.87. The lowest BCUT2D eigenvalue weighted by atomic mass is 10.1. The van der Waals surface area contributed by atoms with Crippen molar-refractivity contribution in [2.45, 2.75) is 13.0 Å². The van der Waals surface area contributed by atoms with E-state index < -0.39 is 29.8 Å². The number of carbonyl (C=O) groups excluding carboxylic acids is 4. The van der Waals surface area contributed by atoms with Gasteiger partial charge in [-0.25, -0.2) is 9.78 Å². The Kier molecular flexibility index (Phi) is 4.91. The molecule has 0 bridgehead atoms. The number of anilines is 1. The van der Waals surface area contributed by atoms with Crippen molar-refractivity contribution in [1.82, 2.24) is 9.88 Å². The van der Waals surface area contributed by atoms with E-state index in [4.69, 9.17) is 16.3 Å². The molecule has 0 saturated heterocycles. The Labute approximate surface area is 159 Å². The molecule has 3 amide bonds. The molecule has 0 radical (unpaired) electrons. The minimum absolute atomic E-state index is 0.0595. The maximum Gasteiger partial charge on any atom is 0.338 e. The number of hydrogen-bond donors (Lipinski definition) is 1. The van der Waals surface area contributed by atoms with E-state index in [9.17, 15) is 19.2 Å². The molecule has 0 fully saturated rings. The second-order valence-corrected chi connectivity index (χ2v) is 6.17. The van der Waals surface area contributed by atoms with Crippen LogP contribution in [-0.2, 0) is 9.53 Å². The summed E-state index contributed by atoms with van der Waals surface area (Å²) in [6.07, 6.45) is 0.348. The average molecular weight is 388 g/mol. The zero-order valence-electron chi connectivity index (χ0n) is 14.4. The molecule has 1 N–H and O–H groups in total. The van der Waals surface area contributed by atoms with Gasteiger partial charge in [-0.2, -0.15) is 0 Å². The first-order chi connectivity index (χ1) is 12.8. The summed E-state index contributed by atoms with van der Waals surface area (Å²) in [5, 5.41) is 2.62. The lowest BCUT2D eigenvalue weighted by molar-refractivity contribution is -0.123. The van der Waals surface area contributed by atoms with E-state index in [0.717, 1.165) is 4.90 Å². The summed E-state index contributed by atoms with van der Waals surface area (Å²) < 4.78 is 5.13. The Morgan fingerprint density at radius 2 is 1.89 bits per heavy atom. The molecule has 0 saturated carbocycles. The standard InChI is InChI=1S/C18H14ClN3O5/c1-9(15(23)21-13-4-3-7-20-14(13)19)27-18(26)10-5-6-11-12(8-10)17(25)22(2)16(11)24/h3-9H,1-2H3,(H,21,23). The van der Waals surface area contributed by atoms with Gasteiger partial charge >= 0.3 is 5.97 Å². The normalized spacial score (nSPS) is 14.0. The second kappa shape index (κ2) is 7.16. The second-order valence-electron chi connectivity index (χ2n) is 5.81. The number of esters is 1. The van der Waals surface area contributed by atoms with Gasteiger partial charge < -0.3 is 10.1 Å². The molecule has 27 heavy (non-hydrogen) atoms. The quantitative estimate of drug-likeness (QED) is 0.489. The smallest absolute Gasteiger partial charge is 0.338 e. The molecular weight excluding hydrogens is 374 g/mol.